The standard InChI is InChI=1S/C41H58N8O14S2/c1-37(2,3)59-33(52)41(12,24-58-27-17-15-25(16-18-27)26-21-47(13)48(22-26)20-14-19-42-35(53)60-38(4,5)6)62-46-29(28-23-64-34(43-28)45-36(54)61-39(7,8)9)31(50)44-30-32(51)49(40(30,10)11)63-65(55,56)57/h15-18,21-23,30H,14,19-20,24H2,1-13H3,(H3-,42,43,44,45,50,53,54,55,56,57)/p+1. The SMILES string of the molecule is C[n+]1cc(-c2ccc(OCC(C)(ON=C(C(=O)NC3C(=O)N(OS(=O)(=O)O)C3(C)C)c3csc(NC(=O)OC(C)(C)C)n3)C(=O)OC(C)(C)C)cc2)cn1CCCNC(=O)OC(C)(C)C. The monoisotopic (exact) mass is 951 g/mol. The Balaban J connectivity index is 1.57. The summed E-state index contributed by atoms with van der Waals surface area (Å²) in [6, 6.07) is 5.62. The van der Waals surface area contributed by atoms with Crippen molar-refractivity contribution in [3.63, 3.8) is 0 Å². The third-order valence-corrected chi connectivity index (χ3v) is 9.91. The minimum atomic E-state index is -5.09. The first-order valence-electron chi connectivity index (χ1n) is 20.3. The summed E-state index contributed by atoms with van der Waals surface area (Å²) in [4.78, 5) is 75.3. The molecular weight excluding hydrogens is 893 g/mol. The van der Waals surface area contributed by atoms with E-state index in [4.69, 9.17) is 23.8 Å². The molecule has 22 nitrogen and oxygen atoms in total. The van der Waals surface area contributed by atoms with Crippen LogP contribution in [0.1, 0.15) is 95.2 Å². The first-order valence-corrected chi connectivity index (χ1v) is 22.5. The van der Waals surface area contributed by atoms with E-state index in [0.29, 0.717) is 30.3 Å². The van der Waals surface area contributed by atoms with Gasteiger partial charge in [-0.3, -0.25) is 19.5 Å². The third-order valence-electron chi connectivity index (χ3n) is 8.81. The highest BCUT2D eigenvalue weighted by Crippen LogP contribution is 2.33. The number of rotatable bonds is 17. The number of thiazole rings is 1. The van der Waals surface area contributed by atoms with Gasteiger partial charge >= 0.3 is 28.6 Å². The molecule has 65 heavy (non-hydrogen) atoms. The van der Waals surface area contributed by atoms with Crippen LogP contribution in [-0.4, -0.2) is 111 Å². The third kappa shape index (κ3) is 15.1. The minimum Gasteiger partial charge on any atom is -0.489 e. The summed E-state index contributed by atoms with van der Waals surface area (Å²) in [5, 5.41) is 13.4. The molecule has 1 aliphatic heterocycles. The van der Waals surface area contributed by atoms with Crippen LogP contribution in [0.4, 0.5) is 14.7 Å². The van der Waals surface area contributed by atoms with Gasteiger partial charge in [0, 0.05) is 11.9 Å². The quantitative estimate of drug-likeness (QED) is 0.0213. The van der Waals surface area contributed by atoms with Crippen LogP contribution in [0.5, 0.6) is 5.75 Å². The Morgan fingerprint density at radius 1 is 0.923 bits per heavy atom. The molecule has 0 aliphatic carbocycles. The fraction of sp³-hybridized carbons (Fsp3) is 0.561. The zero-order chi connectivity index (χ0) is 48.9. The number of ether oxygens (including phenoxy) is 4. The Morgan fingerprint density at radius 3 is 2.09 bits per heavy atom. The molecule has 3 heterocycles. The van der Waals surface area contributed by atoms with E-state index in [0.717, 1.165) is 22.5 Å². The average molecular weight is 952 g/mol. The van der Waals surface area contributed by atoms with E-state index >= 15 is 0 Å². The van der Waals surface area contributed by atoms with E-state index in [-0.39, 0.29) is 10.8 Å². The molecule has 4 N–H and O–H groups in total. The van der Waals surface area contributed by atoms with Gasteiger partial charge in [-0.15, -0.1) is 20.3 Å². The van der Waals surface area contributed by atoms with Crippen LogP contribution in [0.2, 0.25) is 0 Å². The van der Waals surface area contributed by atoms with E-state index in [1.165, 1.54) is 26.2 Å². The molecule has 2 unspecified atom stereocenters. The maximum atomic E-state index is 14.0. The lowest BCUT2D eigenvalue weighted by molar-refractivity contribution is -0.753. The van der Waals surface area contributed by atoms with E-state index < -0.39 is 86.7 Å². The molecule has 4 amide bonds. The van der Waals surface area contributed by atoms with Gasteiger partial charge in [0.15, 0.2) is 17.9 Å². The molecular formula is C41H59N8O14S2+. The number of aromatic nitrogens is 3. The molecule has 2 aromatic heterocycles. The molecule has 0 radical (unpaired) electrons. The van der Waals surface area contributed by atoms with E-state index in [9.17, 15) is 36.9 Å². The highest BCUT2D eigenvalue weighted by atomic mass is 32.3. The van der Waals surface area contributed by atoms with Crippen LogP contribution in [0.25, 0.3) is 11.1 Å². The average Bonchev–Trinajstić information content (AvgIpc) is 3.77. The largest absolute Gasteiger partial charge is 0.489 e. The lowest BCUT2D eigenvalue weighted by atomic mass is 9.84. The number of hydrogen-bond donors (Lipinski definition) is 4. The fourth-order valence-corrected chi connectivity index (χ4v) is 6.89. The summed E-state index contributed by atoms with van der Waals surface area (Å²) in [6.07, 6.45) is 3.25. The number of amides is 4. The van der Waals surface area contributed by atoms with Gasteiger partial charge in [0.25, 0.3) is 17.4 Å². The number of benzene rings is 1. The number of carbonyl (C=O) groups is 5. The fourth-order valence-electron chi connectivity index (χ4n) is 5.75. The maximum Gasteiger partial charge on any atom is 0.418 e. The summed E-state index contributed by atoms with van der Waals surface area (Å²) < 4.78 is 62.5. The number of nitrogens with one attached hydrogen (secondary N) is 3. The van der Waals surface area contributed by atoms with Crippen molar-refractivity contribution in [2.75, 3.05) is 18.5 Å². The molecule has 358 valence electrons. The maximum absolute atomic E-state index is 14.0. The Hall–Kier alpha value is -5.85. The smallest absolute Gasteiger partial charge is 0.418 e. The second kappa shape index (κ2) is 19.7. The first kappa shape index (κ1) is 51.8. The molecule has 0 bridgehead atoms. The number of alkyl carbamates (subject to hydrolysis) is 1. The van der Waals surface area contributed by atoms with Gasteiger partial charge in [-0.1, -0.05) is 17.3 Å². The van der Waals surface area contributed by atoms with Crippen molar-refractivity contribution in [1.82, 2.24) is 25.4 Å². The number of anilines is 1. The van der Waals surface area contributed by atoms with Gasteiger partial charge in [0.1, 0.15) is 40.9 Å². The first-order chi connectivity index (χ1) is 29.7. The van der Waals surface area contributed by atoms with Gasteiger partial charge in [-0.05, 0) is 107 Å². The summed E-state index contributed by atoms with van der Waals surface area (Å²) in [6.45, 7) is 19.9. The van der Waals surface area contributed by atoms with E-state index in [1.54, 1.807) is 74.4 Å². The molecule has 0 saturated carbocycles. The Kier molecular flexibility index (Phi) is 15.7. The number of hydroxylamine groups is 2. The molecule has 4 rings (SSSR count). The number of β-lactam (4-membered cyclic amide) rings is 1. The number of carbonyl (C=O) groups excluding carboxylic acids is 5. The van der Waals surface area contributed by atoms with Crippen molar-refractivity contribution in [2.45, 2.75) is 130 Å². The lowest BCUT2D eigenvalue weighted by Crippen LogP contribution is -2.76. The van der Waals surface area contributed by atoms with Crippen LogP contribution in [-0.2, 0) is 61.7 Å². The highest BCUT2D eigenvalue weighted by molar-refractivity contribution is 7.80. The van der Waals surface area contributed by atoms with Gasteiger partial charge in [-0.2, -0.15) is 18.2 Å². The van der Waals surface area contributed by atoms with Crippen LogP contribution in [0, 0.1) is 0 Å². The Bertz CT molecular complexity index is 2380. The van der Waals surface area contributed by atoms with E-state index in [1.807, 2.05) is 40.9 Å². The zero-order valence-corrected chi connectivity index (χ0v) is 40.4. The number of esters is 1. The number of nitrogens with zero attached hydrogens (tertiary/aromatic N) is 5. The summed E-state index contributed by atoms with van der Waals surface area (Å²) in [5.74, 6) is -2.68. The molecule has 24 heteroatoms. The molecule has 1 saturated heterocycles. The van der Waals surface area contributed by atoms with Gasteiger partial charge in [0.2, 0.25) is 6.20 Å². The Labute approximate surface area is 381 Å². The van der Waals surface area contributed by atoms with Gasteiger partial charge < -0.3 is 34.4 Å². The van der Waals surface area contributed by atoms with Crippen molar-refractivity contribution in [3.8, 4) is 16.9 Å². The summed E-state index contributed by atoms with van der Waals surface area (Å²) >= 11 is 0.892. The summed E-state index contributed by atoms with van der Waals surface area (Å²) in [5.41, 5.74) is -4.95. The predicted molar refractivity (Wildman–Crippen MR) is 235 cm³/mol. The molecule has 1 fully saturated rings. The highest BCUT2D eigenvalue weighted by Gasteiger charge is 2.58. The number of aryl methyl sites for hydroxylation is 2. The van der Waals surface area contributed by atoms with Gasteiger partial charge in [0.05, 0.1) is 23.8 Å². The molecule has 2 atom stereocenters. The lowest BCUT2D eigenvalue weighted by Gasteiger charge is -2.50. The number of hydrogen-bond acceptors (Lipinski definition) is 16. The predicted octanol–water partition coefficient (Wildman–Crippen LogP) is 4.44. The van der Waals surface area contributed by atoms with Gasteiger partial charge in [-0.25, -0.2) is 19.4 Å². The van der Waals surface area contributed by atoms with Crippen LogP contribution >= 0.6 is 11.3 Å². The van der Waals surface area contributed by atoms with Crippen molar-refractivity contribution >= 4 is 62.5 Å². The molecule has 1 aliphatic rings. The molecule has 0 spiro atoms. The number of oxime groups is 1. The van der Waals surface area contributed by atoms with Crippen LogP contribution < -0.4 is 25.4 Å². The van der Waals surface area contributed by atoms with Crippen molar-refractivity contribution in [1.29, 1.82) is 0 Å². The topological polar surface area (TPSA) is 268 Å². The van der Waals surface area contributed by atoms with Crippen molar-refractivity contribution in [2.24, 2.45) is 12.2 Å². The normalized spacial score (nSPS) is 16.4. The zero-order valence-electron chi connectivity index (χ0n) is 38.8. The van der Waals surface area contributed by atoms with Crippen molar-refractivity contribution in [3.05, 3.63) is 47.7 Å². The second-order valence-corrected chi connectivity index (χ2v) is 20.5. The Morgan fingerprint density at radius 2 is 1.52 bits per heavy atom. The van der Waals surface area contributed by atoms with E-state index in [2.05, 4.69) is 30.4 Å². The summed E-state index contributed by atoms with van der Waals surface area (Å²) in [7, 11) is -3.19. The van der Waals surface area contributed by atoms with Crippen LogP contribution in [0.15, 0.2) is 47.2 Å². The molecule has 3 aromatic rings. The minimum absolute atomic E-state index is 0.0119. The van der Waals surface area contributed by atoms with Crippen molar-refractivity contribution < 1.29 is 69.7 Å². The molecule has 1 aromatic carbocycles. The van der Waals surface area contributed by atoms with Crippen LogP contribution in [0.3, 0.4) is 0 Å². The second-order valence-electron chi connectivity index (χ2n) is 18.7.